The summed E-state index contributed by atoms with van der Waals surface area (Å²) in [6, 6.07) is 6.39. The summed E-state index contributed by atoms with van der Waals surface area (Å²) in [4.78, 5) is 2.49. The third-order valence-corrected chi connectivity index (χ3v) is 5.90. The number of ether oxygens (including phenoxy) is 5. The number of nitrogens with zero attached hydrogens (tertiary/aromatic N) is 1. The molecule has 0 fully saturated rings. The van der Waals surface area contributed by atoms with Gasteiger partial charge in [-0.05, 0) is 36.1 Å². The molecule has 0 bridgehead atoms. The third-order valence-electron chi connectivity index (χ3n) is 5.90. The number of hydrogen-bond acceptors (Lipinski definition) is 6. The van der Waals surface area contributed by atoms with E-state index in [9.17, 15) is 0 Å². The molecule has 0 spiro atoms. The van der Waals surface area contributed by atoms with Crippen molar-refractivity contribution in [2.45, 2.75) is 25.4 Å². The third kappa shape index (κ3) is 2.83. The molecule has 0 saturated carbocycles. The molecule has 0 unspecified atom stereocenters. The maximum atomic E-state index is 5.82. The molecular formula is C22H27NO5. The van der Waals surface area contributed by atoms with Gasteiger partial charge in [0.05, 0.1) is 35.5 Å². The van der Waals surface area contributed by atoms with Crippen LogP contribution in [0.5, 0.6) is 28.7 Å². The van der Waals surface area contributed by atoms with Crippen molar-refractivity contribution in [3.05, 3.63) is 40.5 Å². The molecule has 4 rings (SSSR count). The van der Waals surface area contributed by atoms with Crippen LogP contribution in [0, 0.1) is 0 Å². The summed E-state index contributed by atoms with van der Waals surface area (Å²) in [5.41, 5.74) is 4.94. The number of methoxy groups -OCH3 is 5. The van der Waals surface area contributed by atoms with E-state index in [0.29, 0.717) is 11.5 Å². The van der Waals surface area contributed by atoms with Gasteiger partial charge in [0, 0.05) is 36.3 Å². The van der Waals surface area contributed by atoms with Gasteiger partial charge >= 0.3 is 0 Å². The van der Waals surface area contributed by atoms with Crippen molar-refractivity contribution in [1.29, 1.82) is 0 Å². The lowest BCUT2D eigenvalue weighted by atomic mass is 9.83. The first-order valence-corrected chi connectivity index (χ1v) is 9.44. The number of benzene rings is 2. The predicted molar refractivity (Wildman–Crippen MR) is 106 cm³/mol. The van der Waals surface area contributed by atoms with E-state index in [2.05, 4.69) is 17.0 Å². The highest BCUT2D eigenvalue weighted by Gasteiger charge is 2.37. The average molecular weight is 385 g/mol. The van der Waals surface area contributed by atoms with Crippen LogP contribution in [0.1, 0.15) is 28.3 Å². The van der Waals surface area contributed by atoms with Crippen molar-refractivity contribution in [1.82, 2.24) is 4.90 Å². The Morgan fingerprint density at radius 2 is 1.54 bits per heavy atom. The predicted octanol–water partition coefficient (Wildman–Crippen LogP) is 3.39. The first-order valence-electron chi connectivity index (χ1n) is 9.44. The molecule has 2 aromatic carbocycles. The highest BCUT2D eigenvalue weighted by Crippen LogP contribution is 2.50. The van der Waals surface area contributed by atoms with E-state index in [0.717, 1.165) is 43.2 Å². The van der Waals surface area contributed by atoms with Gasteiger partial charge in [-0.2, -0.15) is 0 Å². The molecule has 28 heavy (non-hydrogen) atoms. The average Bonchev–Trinajstić information content (AvgIpc) is 2.74. The summed E-state index contributed by atoms with van der Waals surface area (Å²) >= 11 is 0. The number of fused-ring (bicyclic) bond motifs is 4. The van der Waals surface area contributed by atoms with Gasteiger partial charge in [0.25, 0.3) is 0 Å². The molecule has 6 heteroatoms. The maximum absolute atomic E-state index is 5.82. The fraction of sp³-hybridized carbons (Fsp3) is 0.455. The minimum Gasteiger partial charge on any atom is -0.497 e. The van der Waals surface area contributed by atoms with Crippen LogP contribution in [-0.2, 0) is 19.4 Å². The zero-order valence-electron chi connectivity index (χ0n) is 17.1. The highest BCUT2D eigenvalue weighted by molar-refractivity contribution is 5.62. The first-order chi connectivity index (χ1) is 13.6. The minimum absolute atomic E-state index is 0.211. The Bertz CT molecular complexity index is 895. The summed E-state index contributed by atoms with van der Waals surface area (Å²) in [6.07, 6.45) is 1.80. The van der Waals surface area contributed by atoms with Gasteiger partial charge < -0.3 is 23.7 Å². The summed E-state index contributed by atoms with van der Waals surface area (Å²) in [5.74, 6) is 3.84. The number of hydrogen-bond donors (Lipinski definition) is 0. The Labute approximate surface area is 165 Å². The van der Waals surface area contributed by atoms with Crippen molar-refractivity contribution >= 4 is 0 Å². The second kappa shape index (κ2) is 7.43. The molecule has 0 radical (unpaired) electrons. The smallest absolute Gasteiger partial charge is 0.203 e. The summed E-state index contributed by atoms with van der Waals surface area (Å²) in [6.45, 7) is 1.81. The van der Waals surface area contributed by atoms with E-state index in [1.807, 2.05) is 6.07 Å². The largest absolute Gasteiger partial charge is 0.497 e. The van der Waals surface area contributed by atoms with Gasteiger partial charge in [0.2, 0.25) is 5.75 Å². The van der Waals surface area contributed by atoms with Gasteiger partial charge in [-0.25, -0.2) is 0 Å². The molecule has 2 aliphatic heterocycles. The molecule has 2 aliphatic rings. The Balaban J connectivity index is 1.85. The second-order valence-corrected chi connectivity index (χ2v) is 7.13. The van der Waals surface area contributed by atoms with E-state index >= 15 is 0 Å². The molecule has 150 valence electrons. The first kappa shape index (κ1) is 18.7. The van der Waals surface area contributed by atoms with E-state index < -0.39 is 0 Å². The SMILES string of the molecule is COc1cc2c(c(OC)c1)CN1CCc3cc(OC)c(OC)c(OC)c3[C@@H]1C2. The van der Waals surface area contributed by atoms with E-state index in [1.165, 1.54) is 22.3 Å². The lowest BCUT2D eigenvalue weighted by Crippen LogP contribution is -2.39. The fourth-order valence-electron chi connectivity index (χ4n) is 4.57. The van der Waals surface area contributed by atoms with Crippen LogP contribution in [0.15, 0.2) is 18.2 Å². The van der Waals surface area contributed by atoms with E-state index in [-0.39, 0.29) is 6.04 Å². The van der Waals surface area contributed by atoms with Gasteiger partial charge in [0.1, 0.15) is 11.5 Å². The number of rotatable bonds is 5. The van der Waals surface area contributed by atoms with E-state index in [1.54, 1.807) is 35.5 Å². The van der Waals surface area contributed by atoms with Crippen molar-refractivity contribution in [3.63, 3.8) is 0 Å². The zero-order chi connectivity index (χ0) is 19.8. The lowest BCUT2D eigenvalue weighted by Gasteiger charge is -2.42. The Morgan fingerprint density at radius 3 is 2.18 bits per heavy atom. The van der Waals surface area contributed by atoms with Gasteiger partial charge in [-0.3, -0.25) is 4.90 Å². The van der Waals surface area contributed by atoms with Crippen LogP contribution in [0.25, 0.3) is 0 Å². The Morgan fingerprint density at radius 1 is 0.786 bits per heavy atom. The van der Waals surface area contributed by atoms with Crippen LogP contribution < -0.4 is 23.7 Å². The molecule has 2 aromatic rings. The van der Waals surface area contributed by atoms with Crippen LogP contribution in [0.3, 0.4) is 0 Å². The van der Waals surface area contributed by atoms with Crippen molar-refractivity contribution in [2.75, 3.05) is 42.1 Å². The molecule has 0 aromatic heterocycles. The van der Waals surface area contributed by atoms with Crippen LogP contribution >= 0.6 is 0 Å². The van der Waals surface area contributed by atoms with Crippen molar-refractivity contribution in [2.24, 2.45) is 0 Å². The zero-order valence-corrected chi connectivity index (χ0v) is 17.1. The van der Waals surface area contributed by atoms with Gasteiger partial charge in [0.15, 0.2) is 11.5 Å². The maximum Gasteiger partial charge on any atom is 0.203 e. The van der Waals surface area contributed by atoms with Gasteiger partial charge in [-0.1, -0.05) is 0 Å². The molecule has 0 amide bonds. The summed E-state index contributed by atoms with van der Waals surface area (Å²) in [7, 11) is 8.41. The standard InChI is InChI=1S/C22H27NO5/c1-24-15-8-14-9-17-20-13(10-19(26-3)21(27-4)22(20)28-5)6-7-23(17)12-16(14)18(11-15)25-2/h8,10-11,17H,6-7,9,12H2,1-5H3/t17-/m0/s1. The van der Waals surface area contributed by atoms with Crippen molar-refractivity contribution < 1.29 is 23.7 Å². The van der Waals surface area contributed by atoms with Gasteiger partial charge in [-0.15, -0.1) is 0 Å². The molecule has 0 N–H and O–H groups in total. The molecule has 1 atom stereocenters. The Kier molecular flexibility index (Phi) is 4.98. The van der Waals surface area contributed by atoms with Crippen LogP contribution in [0.4, 0.5) is 0 Å². The minimum atomic E-state index is 0.211. The highest BCUT2D eigenvalue weighted by atomic mass is 16.5. The topological polar surface area (TPSA) is 49.4 Å². The second-order valence-electron chi connectivity index (χ2n) is 7.13. The summed E-state index contributed by atoms with van der Waals surface area (Å²) in [5, 5.41) is 0. The normalized spacial score (nSPS) is 17.8. The van der Waals surface area contributed by atoms with Crippen molar-refractivity contribution in [3.8, 4) is 28.7 Å². The lowest BCUT2D eigenvalue weighted by molar-refractivity contribution is 0.153. The van der Waals surface area contributed by atoms with E-state index in [4.69, 9.17) is 23.7 Å². The molecule has 2 heterocycles. The molecule has 6 nitrogen and oxygen atoms in total. The summed E-state index contributed by atoms with van der Waals surface area (Å²) < 4.78 is 28.1. The molecule has 0 saturated heterocycles. The fourth-order valence-corrected chi connectivity index (χ4v) is 4.57. The molecule has 0 aliphatic carbocycles. The van der Waals surface area contributed by atoms with Crippen LogP contribution in [0.2, 0.25) is 0 Å². The monoisotopic (exact) mass is 385 g/mol. The quantitative estimate of drug-likeness (QED) is 0.786. The Hall–Kier alpha value is -2.60. The molecular weight excluding hydrogens is 358 g/mol. The van der Waals surface area contributed by atoms with Crippen LogP contribution in [-0.4, -0.2) is 47.0 Å².